The van der Waals surface area contributed by atoms with Crippen molar-refractivity contribution in [1.29, 1.82) is 0 Å². The Morgan fingerprint density at radius 3 is 2.83 bits per heavy atom. The van der Waals surface area contributed by atoms with Crippen molar-refractivity contribution in [2.45, 2.75) is 31.9 Å². The van der Waals surface area contributed by atoms with E-state index < -0.39 is 4.92 Å². The predicted molar refractivity (Wildman–Crippen MR) is 72.9 cm³/mol. The fraction of sp³-hybridized carbons (Fsp3) is 0.500. The smallest absolute Gasteiger partial charge is 0.270 e. The van der Waals surface area contributed by atoms with Crippen molar-refractivity contribution in [3.63, 3.8) is 0 Å². The predicted octanol–water partition coefficient (Wildman–Crippen LogP) is 3.34. The van der Waals surface area contributed by atoms with Crippen LogP contribution in [0.3, 0.4) is 0 Å². The molecule has 5 nitrogen and oxygen atoms in total. The molecule has 0 aliphatic heterocycles. The Kier molecular flexibility index (Phi) is 4.19. The summed E-state index contributed by atoms with van der Waals surface area (Å²) >= 11 is 3.34. The number of ether oxygens (including phenoxy) is 1. The van der Waals surface area contributed by atoms with Crippen molar-refractivity contribution in [3.05, 3.63) is 32.8 Å². The van der Waals surface area contributed by atoms with Gasteiger partial charge in [-0.15, -0.1) is 0 Å². The molecule has 18 heavy (non-hydrogen) atoms. The van der Waals surface area contributed by atoms with E-state index in [0.717, 1.165) is 29.6 Å². The summed E-state index contributed by atoms with van der Waals surface area (Å²) in [7, 11) is 0. The Hall–Kier alpha value is -1.14. The van der Waals surface area contributed by atoms with Crippen molar-refractivity contribution >= 4 is 27.3 Å². The Morgan fingerprint density at radius 2 is 2.28 bits per heavy atom. The molecule has 2 rings (SSSR count). The SMILES string of the molecule is CCOC1CC(Nc2ccc([N+](=O)[O-])cc2Br)C1. The molecule has 0 atom stereocenters. The maximum absolute atomic E-state index is 10.6. The molecule has 1 aliphatic rings. The molecule has 1 N–H and O–H groups in total. The highest BCUT2D eigenvalue weighted by Crippen LogP contribution is 2.32. The van der Waals surface area contributed by atoms with Crippen molar-refractivity contribution in [2.24, 2.45) is 0 Å². The van der Waals surface area contributed by atoms with Crippen LogP contribution in [-0.2, 0) is 4.74 Å². The molecule has 0 aromatic heterocycles. The number of benzene rings is 1. The maximum Gasteiger partial charge on any atom is 0.270 e. The summed E-state index contributed by atoms with van der Waals surface area (Å²) in [6.07, 6.45) is 2.32. The minimum Gasteiger partial charge on any atom is -0.381 e. The van der Waals surface area contributed by atoms with Crippen LogP contribution in [0, 0.1) is 10.1 Å². The van der Waals surface area contributed by atoms with Crippen LogP contribution in [0.5, 0.6) is 0 Å². The lowest BCUT2D eigenvalue weighted by atomic mass is 9.89. The summed E-state index contributed by atoms with van der Waals surface area (Å²) in [6, 6.07) is 5.14. The topological polar surface area (TPSA) is 64.4 Å². The first-order chi connectivity index (χ1) is 8.60. The third-order valence-electron chi connectivity index (χ3n) is 3.02. The average molecular weight is 315 g/mol. The van der Waals surface area contributed by atoms with Gasteiger partial charge in [0.15, 0.2) is 0 Å². The molecule has 6 heteroatoms. The van der Waals surface area contributed by atoms with Gasteiger partial charge in [0.05, 0.1) is 11.0 Å². The van der Waals surface area contributed by atoms with Crippen molar-refractivity contribution in [2.75, 3.05) is 11.9 Å². The number of non-ortho nitro benzene ring substituents is 1. The summed E-state index contributed by atoms with van der Waals surface area (Å²) in [4.78, 5) is 10.2. The monoisotopic (exact) mass is 314 g/mol. The fourth-order valence-electron chi connectivity index (χ4n) is 2.01. The van der Waals surface area contributed by atoms with Gasteiger partial charge in [-0.1, -0.05) is 0 Å². The van der Waals surface area contributed by atoms with Gasteiger partial charge in [-0.05, 0) is 41.8 Å². The summed E-state index contributed by atoms with van der Waals surface area (Å²) in [5, 5.41) is 14.0. The molecule has 1 aromatic rings. The second-order valence-electron chi connectivity index (χ2n) is 4.31. The number of halogens is 1. The zero-order valence-corrected chi connectivity index (χ0v) is 11.6. The minimum absolute atomic E-state index is 0.0910. The quantitative estimate of drug-likeness (QED) is 0.668. The number of nitro groups is 1. The molecule has 0 heterocycles. The van der Waals surface area contributed by atoms with E-state index in [1.54, 1.807) is 6.07 Å². The first-order valence-electron chi connectivity index (χ1n) is 5.92. The largest absolute Gasteiger partial charge is 0.381 e. The molecule has 1 fully saturated rings. The van der Waals surface area contributed by atoms with Crippen LogP contribution < -0.4 is 5.32 Å². The van der Waals surface area contributed by atoms with E-state index in [9.17, 15) is 10.1 Å². The van der Waals surface area contributed by atoms with Gasteiger partial charge < -0.3 is 10.1 Å². The number of nitrogens with zero attached hydrogens (tertiary/aromatic N) is 1. The van der Waals surface area contributed by atoms with Crippen LogP contribution in [0.2, 0.25) is 0 Å². The van der Waals surface area contributed by atoms with Crippen LogP contribution in [0.1, 0.15) is 19.8 Å². The number of nitro benzene ring substituents is 1. The van der Waals surface area contributed by atoms with Crippen LogP contribution in [0.15, 0.2) is 22.7 Å². The zero-order valence-electron chi connectivity index (χ0n) is 10.1. The Labute approximate surface area is 114 Å². The highest BCUT2D eigenvalue weighted by Gasteiger charge is 2.29. The molecular formula is C12H15BrN2O3. The van der Waals surface area contributed by atoms with E-state index >= 15 is 0 Å². The fourth-order valence-corrected chi connectivity index (χ4v) is 2.49. The van der Waals surface area contributed by atoms with Gasteiger partial charge in [-0.3, -0.25) is 10.1 Å². The third-order valence-corrected chi connectivity index (χ3v) is 3.68. The Morgan fingerprint density at radius 1 is 1.56 bits per heavy atom. The summed E-state index contributed by atoms with van der Waals surface area (Å²) in [5.41, 5.74) is 0.980. The molecule has 98 valence electrons. The maximum atomic E-state index is 10.6. The molecule has 1 aromatic carbocycles. The van der Waals surface area contributed by atoms with E-state index in [1.807, 2.05) is 6.92 Å². The van der Waals surface area contributed by atoms with Crippen LogP contribution in [0.4, 0.5) is 11.4 Å². The number of hydrogen-bond acceptors (Lipinski definition) is 4. The second kappa shape index (κ2) is 5.67. The number of rotatable bonds is 5. The van der Waals surface area contributed by atoms with Gasteiger partial charge in [-0.25, -0.2) is 0 Å². The summed E-state index contributed by atoms with van der Waals surface area (Å²) in [5.74, 6) is 0. The second-order valence-corrected chi connectivity index (χ2v) is 5.17. The highest BCUT2D eigenvalue weighted by atomic mass is 79.9. The molecule has 0 amide bonds. The van der Waals surface area contributed by atoms with Gasteiger partial charge in [0.1, 0.15) is 0 Å². The first-order valence-corrected chi connectivity index (χ1v) is 6.71. The van der Waals surface area contributed by atoms with Crippen molar-refractivity contribution in [3.8, 4) is 0 Å². The van der Waals surface area contributed by atoms with E-state index in [2.05, 4.69) is 21.2 Å². The highest BCUT2D eigenvalue weighted by molar-refractivity contribution is 9.10. The molecule has 0 unspecified atom stereocenters. The molecule has 1 aliphatic carbocycles. The van der Waals surface area contributed by atoms with Crippen LogP contribution in [-0.4, -0.2) is 23.7 Å². The summed E-state index contributed by atoms with van der Waals surface area (Å²) in [6.45, 7) is 2.74. The van der Waals surface area contributed by atoms with Gasteiger partial charge in [0, 0.05) is 34.9 Å². The summed E-state index contributed by atoms with van der Waals surface area (Å²) < 4.78 is 6.20. The Bertz CT molecular complexity index is 447. The number of anilines is 1. The normalized spacial score (nSPS) is 22.3. The molecule has 0 saturated heterocycles. The van der Waals surface area contributed by atoms with E-state index in [0.29, 0.717) is 12.1 Å². The zero-order chi connectivity index (χ0) is 13.1. The van der Waals surface area contributed by atoms with E-state index in [4.69, 9.17) is 4.74 Å². The third kappa shape index (κ3) is 3.00. The first kappa shape index (κ1) is 13.3. The molecule has 0 spiro atoms. The van der Waals surface area contributed by atoms with Crippen molar-refractivity contribution in [1.82, 2.24) is 0 Å². The molecule has 0 radical (unpaired) electrons. The lowest BCUT2D eigenvalue weighted by Gasteiger charge is -2.36. The molecule has 1 saturated carbocycles. The van der Waals surface area contributed by atoms with E-state index in [-0.39, 0.29) is 5.69 Å². The van der Waals surface area contributed by atoms with Gasteiger partial charge in [0.25, 0.3) is 5.69 Å². The Balaban J connectivity index is 1.93. The minimum atomic E-state index is -0.400. The van der Waals surface area contributed by atoms with Crippen LogP contribution in [0.25, 0.3) is 0 Å². The number of hydrogen-bond donors (Lipinski definition) is 1. The lowest BCUT2D eigenvalue weighted by Crippen LogP contribution is -2.40. The van der Waals surface area contributed by atoms with Crippen molar-refractivity contribution < 1.29 is 9.66 Å². The van der Waals surface area contributed by atoms with Gasteiger partial charge >= 0.3 is 0 Å². The van der Waals surface area contributed by atoms with Gasteiger partial charge in [0.2, 0.25) is 0 Å². The molecular weight excluding hydrogens is 300 g/mol. The lowest BCUT2D eigenvalue weighted by molar-refractivity contribution is -0.384. The molecule has 0 bridgehead atoms. The van der Waals surface area contributed by atoms with Crippen LogP contribution >= 0.6 is 15.9 Å². The average Bonchev–Trinajstić information content (AvgIpc) is 2.28. The van der Waals surface area contributed by atoms with E-state index in [1.165, 1.54) is 12.1 Å². The standard InChI is InChI=1S/C12H15BrN2O3/c1-2-18-10-5-8(6-10)14-12-4-3-9(15(16)17)7-11(12)13/h3-4,7-8,10,14H,2,5-6H2,1H3. The van der Waals surface area contributed by atoms with Gasteiger partial charge in [-0.2, -0.15) is 0 Å². The number of nitrogens with one attached hydrogen (secondary N) is 1.